The number of carbonyl (C=O) groups excluding carboxylic acids is 1. The first kappa shape index (κ1) is 17.1. The van der Waals surface area contributed by atoms with E-state index in [0.29, 0.717) is 5.69 Å². The van der Waals surface area contributed by atoms with Gasteiger partial charge in [0.25, 0.3) is 5.91 Å². The van der Waals surface area contributed by atoms with Crippen molar-refractivity contribution in [2.75, 3.05) is 11.1 Å². The molecular weight excluding hydrogens is 332 g/mol. The largest absolute Gasteiger partial charge is 0.399 e. The maximum atomic E-state index is 12.2. The smallest absolute Gasteiger partial charge is 0.275 e. The zero-order valence-electron chi connectivity index (χ0n) is 13.9. The fourth-order valence-electron chi connectivity index (χ4n) is 2.37. The highest BCUT2D eigenvalue weighted by Crippen LogP contribution is 2.18. The SMILES string of the molecule is CC(N)c1nc(C(=O)Nc2ccc(Cc3ccc(N)cc3)cc2)cs1. The summed E-state index contributed by atoms with van der Waals surface area (Å²) in [7, 11) is 0. The van der Waals surface area contributed by atoms with E-state index in [1.807, 2.05) is 55.5 Å². The zero-order valence-corrected chi connectivity index (χ0v) is 14.7. The molecule has 25 heavy (non-hydrogen) atoms. The lowest BCUT2D eigenvalue weighted by Gasteiger charge is -2.06. The number of aromatic nitrogens is 1. The standard InChI is InChI=1S/C19H20N4OS/c1-12(20)19-23-17(11-25-19)18(24)22-16-8-4-14(5-9-16)10-13-2-6-15(21)7-3-13/h2-9,11-12H,10,20-21H2,1H3,(H,22,24). The molecule has 1 aromatic heterocycles. The number of thiazole rings is 1. The van der Waals surface area contributed by atoms with Crippen molar-refractivity contribution in [3.8, 4) is 0 Å². The van der Waals surface area contributed by atoms with Crippen LogP contribution < -0.4 is 16.8 Å². The van der Waals surface area contributed by atoms with Crippen LogP contribution in [0.25, 0.3) is 0 Å². The van der Waals surface area contributed by atoms with Gasteiger partial charge in [-0.25, -0.2) is 4.98 Å². The summed E-state index contributed by atoms with van der Waals surface area (Å²) in [6, 6.07) is 15.4. The van der Waals surface area contributed by atoms with Crippen molar-refractivity contribution in [1.82, 2.24) is 4.98 Å². The van der Waals surface area contributed by atoms with Gasteiger partial charge in [-0.2, -0.15) is 0 Å². The van der Waals surface area contributed by atoms with Crippen molar-refractivity contribution < 1.29 is 4.79 Å². The first-order valence-electron chi connectivity index (χ1n) is 7.97. The summed E-state index contributed by atoms with van der Waals surface area (Å²) in [5.74, 6) is -0.227. The number of nitrogens with zero attached hydrogens (tertiary/aromatic N) is 1. The molecule has 0 saturated heterocycles. The van der Waals surface area contributed by atoms with Crippen LogP contribution in [0.5, 0.6) is 0 Å². The monoisotopic (exact) mass is 352 g/mol. The third kappa shape index (κ3) is 4.43. The normalized spacial score (nSPS) is 11.9. The molecule has 0 aliphatic heterocycles. The van der Waals surface area contributed by atoms with E-state index in [0.717, 1.165) is 28.4 Å². The summed E-state index contributed by atoms with van der Waals surface area (Å²) in [6.07, 6.45) is 0.818. The van der Waals surface area contributed by atoms with Crippen LogP contribution in [0.1, 0.15) is 39.6 Å². The molecule has 0 bridgehead atoms. The number of amides is 1. The highest BCUT2D eigenvalue weighted by atomic mass is 32.1. The molecule has 1 atom stereocenters. The fourth-order valence-corrected chi connectivity index (χ4v) is 3.13. The molecule has 6 heteroatoms. The summed E-state index contributed by atoms with van der Waals surface area (Å²) in [5, 5.41) is 5.34. The molecule has 2 aromatic carbocycles. The van der Waals surface area contributed by atoms with Crippen LogP contribution in [0.3, 0.4) is 0 Å². The number of nitrogens with two attached hydrogens (primary N) is 2. The van der Waals surface area contributed by atoms with Gasteiger partial charge in [0.2, 0.25) is 0 Å². The lowest BCUT2D eigenvalue weighted by Crippen LogP contribution is -2.13. The average molecular weight is 352 g/mol. The Kier molecular flexibility index (Phi) is 5.11. The van der Waals surface area contributed by atoms with Crippen LogP contribution in [-0.4, -0.2) is 10.9 Å². The molecule has 0 aliphatic rings. The van der Waals surface area contributed by atoms with Gasteiger partial charge in [0.15, 0.2) is 0 Å². The second kappa shape index (κ2) is 7.46. The number of hydrogen-bond acceptors (Lipinski definition) is 5. The Bertz CT molecular complexity index is 854. The number of nitrogen functional groups attached to an aromatic ring is 1. The van der Waals surface area contributed by atoms with Crippen LogP contribution in [-0.2, 0) is 6.42 Å². The first-order chi connectivity index (χ1) is 12.0. The van der Waals surface area contributed by atoms with Gasteiger partial charge in [0, 0.05) is 16.8 Å². The molecule has 0 aliphatic carbocycles. The van der Waals surface area contributed by atoms with E-state index in [-0.39, 0.29) is 11.9 Å². The number of carbonyl (C=O) groups is 1. The quantitative estimate of drug-likeness (QED) is 0.612. The molecule has 5 N–H and O–H groups in total. The molecule has 0 saturated carbocycles. The van der Waals surface area contributed by atoms with Crippen molar-refractivity contribution in [2.24, 2.45) is 5.73 Å². The van der Waals surface area contributed by atoms with E-state index in [1.54, 1.807) is 5.38 Å². The number of anilines is 2. The molecule has 3 aromatic rings. The predicted octanol–water partition coefficient (Wildman–Crippen LogP) is 3.59. The number of nitrogens with one attached hydrogen (secondary N) is 1. The van der Waals surface area contributed by atoms with Crippen LogP contribution in [0.2, 0.25) is 0 Å². The minimum Gasteiger partial charge on any atom is -0.399 e. The van der Waals surface area contributed by atoms with Gasteiger partial charge in [-0.05, 0) is 48.7 Å². The Morgan fingerprint density at radius 3 is 2.28 bits per heavy atom. The number of benzene rings is 2. The number of hydrogen-bond donors (Lipinski definition) is 3. The summed E-state index contributed by atoms with van der Waals surface area (Å²) in [5.41, 5.74) is 15.7. The summed E-state index contributed by atoms with van der Waals surface area (Å²) >= 11 is 1.40. The van der Waals surface area contributed by atoms with Crippen LogP contribution >= 0.6 is 11.3 Å². The molecule has 1 unspecified atom stereocenters. The van der Waals surface area contributed by atoms with Crippen LogP contribution in [0.4, 0.5) is 11.4 Å². The first-order valence-corrected chi connectivity index (χ1v) is 8.85. The Hall–Kier alpha value is -2.70. The van der Waals surface area contributed by atoms with Crippen molar-refractivity contribution in [2.45, 2.75) is 19.4 Å². The van der Waals surface area contributed by atoms with E-state index in [1.165, 1.54) is 16.9 Å². The molecule has 5 nitrogen and oxygen atoms in total. The molecule has 1 heterocycles. The Morgan fingerprint density at radius 2 is 1.72 bits per heavy atom. The fraction of sp³-hybridized carbons (Fsp3) is 0.158. The van der Waals surface area contributed by atoms with Crippen molar-refractivity contribution in [3.63, 3.8) is 0 Å². The summed E-state index contributed by atoms with van der Waals surface area (Å²) in [4.78, 5) is 16.5. The minimum atomic E-state index is -0.227. The van der Waals surface area contributed by atoms with E-state index >= 15 is 0 Å². The van der Waals surface area contributed by atoms with Gasteiger partial charge in [0.05, 0.1) is 6.04 Å². The van der Waals surface area contributed by atoms with Crippen molar-refractivity contribution >= 4 is 28.6 Å². The maximum absolute atomic E-state index is 12.2. The van der Waals surface area contributed by atoms with Gasteiger partial charge in [-0.1, -0.05) is 24.3 Å². The van der Waals surface area contributed by atoms with Crippen LogP contribution in [0, 0.1) is 0 Å². The predicted molar refractivity (Wildman–Crippen MR) is 103 cm³/mol. The average Bonchev–Trinajstić information content (AvgIpc) is 3.09. The van der Waals surface area contributed by atoms with E-state index < -0.39 is 0 Å². The topological polar surface area (TPSA) is 94.0 Å². The maximum Gasteiger partial charge on any atom is 0.275 e. The van der Waals surface area contributed by atoms with Crippen molar-refractivity contribution in [3.05, 3.63) is 75.7 Å². The molecule has 3 rings (SSSR count). The molecule has 0 radical (unpaired) electrons. The highest BCUT2D eigenvalue weighted by molar-refractivity contribution is 7.09. The van der Waals surface area contributed by atoms with E-state index in [4.69, 9.17) is 11.5 Å². The summed E-state index contributed by atoms with van der Waals surface area (Å²) in [6.45, 7) is 1.85. The molecule has 0 spiro atoms. The molecular formula is C19H20N4OS. The van der Waals surface area contributed by atoms with E-state index in [2.05, 4.69) is 10.3 Å². The summed E-state index contributed by atoms with van der Waals surface area (Å²) < 4.78 is 0. The zero-order chi connectivity index (χ0) is 17.8. The van der Waals surface area contributed by atoms with Gasteiger partial charge in [0.1, 0.15) is 10.7 Å². The third-order valence-corrected chi connectivity index (χ3v) is 4.79. The molecule has 128 valence electrons. The molecule has 1 amide bonds. The van der Waals surface area contributed by atoms with Crippen LogP contribution in [0.15, 0.2) is 53.9 Å². The number of rotatable bonds is 5. The van der Waals surface area contributed by atoms with Gasteiger partial charge >= 0.3 is 0 Å². The van der Waals surface area contributed by atoms with Gasteiger partial charge in [-0.3, -0.25) is 4.79 Å². The van der Waals surface area contributed by atoms with Gasteiger partial charge in [-0.15, -0.1) is 11.3 Å². The minimum absolute atomic E-state index is 0.167. The second-order valence-corrected chi connectivity index (χ2v) is 6.82. The van der Waals surface area contributed by atoms with E-state index in [9.17, 15) is 4.79 Å². The van der Waals surface area contributed by atoms with Crippen molar-refractivity contribution in [1.29, 1.82) is 0 Å². The Balaban J connectivity index is 1.63. The van der Waals surface area contributed by atoms with Gasteiger partial charge < -0.3 is 16.8 Å². The lowest BCUT2D eigenvalue weighted by atomic mass is 10.0. The molecule has 0 fully saturated rings. The Labute approximate surface area is 150 Å². The third-order valence-electron chi connectivity index (χ3n) is 3.74. The highest BCUT2D eigenvalue weighted by Gasteiger charge is 2.12. The lowest BCUT2D eigenvalue weighted by molar-refractivity contribution is 0.102. The second-order valence-electron chi connectivity index (χ2n) is 5.93. The Morgan fingerprint density at radius 1 is 1.12 bits per heavy atom.